The molecule has 3 aromatic carbocycles. The SMILES string of the molecule is COc1ccc(OCCCOc2c(-c3ccccc3)oc3cc(C)c(C)cc3c2=O)cc1. The van der Waals surface area contributed by atoms with Crippen LogP contribution in [0.1, 0.15) is 17.5 Å². The van der Waals surface area contributed by atoms with Crippen LogP contribution in [0, 0.1) is 13.8 Å². The molecule has 0 amide bonds. The normalized spacial score (nSPS) is 10.8. The van der Waals surface area contributed by atoms with E-state index in [0.29, 0.717) is 36.4 Å². The van der Waals surface area contributed by atoms with Crippen molar-refractivity contribution in [1.29, 1.82) is 0 Å². The van der Waals surface area contributed by atoms with Gasteiger partial charge in [0.25, 0.3) is 0 Å². The van der Waals surface area contributed by atoms with Crippen LogP contribution in [0.5, 0.6) is 17.2 Å². The summed E-state index contributed by atoms with van der Waals surface area (Å²) in [7, 11) is 1.63. The second-order valence-corrected chi connectivity index (χ2v) is 7.61. The Kier molecular flexibility index (Phi) is 6.45. The van der Waals surface area contributed by atoms with Gasteiger partial charge in [-0.3, -0.25) is 4.79 Å². The van der Waals surface area contributed by atoms with Crippen LogP contribution in [0.4, 0.5) is 0 Å². The lowest BCUT2D eigenvalue weighted by Gasteiger charge is -2.13. The summed E-state index contributed by atoms with van der Waals surface area (Å²) < 4.78 is 23.0. The summed E-state index contributed by atoms with van der Waals surface area (Å²) in [6.07, 6.45) is 0.616. The molecule has 0 spiro atoms. The second-order valence-electron chi connectivity index (χ2n) is 7.61. The molecule has 32 heavy (non-hydrogen) atoms. The van der Waals surface area contributed by atoms with Gasteiger partial charge < -0.3 is 18.6 Å². The van der Waals surface area contributed by atoms with E-state index in [4.69, 9.17) is 18.6 Å². The fraction of sp³-hybridized carbons (Fsp3) is 0.222. The molecule has 0 unspecified atom stereocenters. The summed E-state index contributed by atoms with van der Waals surface area (Å²) in [6, 6.07) is 20.7. The molecule has 4 aromatic rings. The second kappa shape index (κ2) is 9.60. The zero-order valence-corrected chi connectivity index (χ0v) is 18.5. The predicted molar refractivity (Wildman–Crippen MR) is 126 cm³/mol. The highest BCUT2D eigenvalue weighted by Crippen LogP contribution is 2.31. The molecule has 164 valence electrons. The first kappa shape index (κ1) is 21.5. The molecule has 0 aliphatic heterocycles. The summed E-state index contributed by atoms with van der Waals surface area (Å²) in [6.45, 7) is 4.78. The Morgan fingerprint density at radius 2 is 1.47 bits per heavy atom. The molecule has 0 aliphatic rings. The highest BCUT2D eigenvalue weighted by Gasteiger charge is 2.18. The van der Waals surface area contributed by atoms with E-state index in [1.165, 1.54) is 0 Å². The van der Waals surface area contributed by atoms with E-state index >= 15 is 0 Å². The van der Waals surface area contributed by atoms with Crippen LogP contribution in [0.3, 0.4) is 0 Å². The molecule has 0 radical (unpaired) electrons. The summed E-state index contributed by atoms with van der Waals surface area (Å²) in [4.78, 5) is 13.3. The van der Waals surface area contributed by atoms with E-state index in [0.717, 1.165) is 28.2 Å². The minimum atomic E-state index is -0.163. The largest absolute Gasteiger partial charge is 0.497 e. The van der Waals surface area contributed by atoms with Gasteiger partial charge in [0.05, 0.1) is 25.7 Å². The molecule has 0 fully saturated rings. The number of aryl methyl sites for hydroxylation is 2. The zero-order valence-electron chi connectivity index (χ0n) is 18.5. The predicted octanol–water partition coefficient (Wildman–Crippen LogP) is 5.93. The number of methoxy groups -OCH3 is 1. The van der Waals surface area contributed by atoms with E-state index in [1.807, 2.05) is 80.6 Å². The molecule has 4 rings (SSSR count). The van der Waals surface area contributed by atoms with Crippen molar-refractivity contribution in [1.82, 2.24) is 0 Å². The lowest BCUT2D eigenvalue weighted by molar-refractivity contribution is 0.244. The molecular formula is C27H26O5. The topological polar surface area (TPSA) is 57.9 Å². The minimum absolute atomic E-state index is 0.163. The molecule has 0 atom stereocenters. The molecule has 5 nitrogen and oxygen atoms in total. The van der Waals surface area contributed by atoms with E-state index in [-0.39, 0.29) is 11.2 Å². The summed E-state index contributed by atoms with van der Waals surface area (Å²) in [5.74, 6) is 2.22. The Labute approximate surface area is 187 Å². The van der Waals surface area contributed by atoms with Gasteiger partial charge in [-0.05, 0) is 61.4 Å². The maximum Gasteiger partial charge on any atom is 0.235 e. The minimum Gasteiger partial charge on any atom is -0.497 e. The Bertz CT molecular complexity index is 1260. The number of benzene rings is 3. The molecular weight excluding hydrogens is 404 g/mol. The lowest BCUT2D eigenvalue weighted by atomic mass is 10.0. The molecule has 0 bridgehead atoms. The van der Waals surface area contributed by atoms with Crippen LogP contribution in [-0.2, 0) is 0 Å². The fourth-order valence-electron chi connectivity index (χ4n) is 3.44. The summed E-state index contributed by atoms with van der Waals surface area (Å²) in [5, 5.41) is 0.525. The Morgan fingerprint density at radius 1 is 0.812 bits per heavy atom. The standard InChI is InChI=1S/C27H26O5/c1-18-16-23-24(17-19(18)2)32-26(20-8-5-4-6-9-20)27(25(23)28)31-15-7-14-30-22-12-10-21(29-3)11-13-22/h4-6,8-13,16-17H,7,14-15H2,1-3H3. The van der Waals surface area contributed by atoms with Crippen LogP contribution in [0.25, 0.3) is 22.3 Å². The van der Waals surface area contributed by atoms with E-state index in [2.05, 4.69) is 0 Å². The first-order valence-electron chi connectivity index (χ1n) is 10.6. The van der Waals surface area contributed by atoms with Crippen molar-refractivity contribution in [3.63, 3.8) is 0 Å². The van der Waals surface area contributed by atoms with Gasteiger partial charge in [0, 0.05) is 12.0 Å². The molecule has 0 aliphatic carbocycles. The van der Waals surface area contributed by atoms with Crippen molar-refractivity contribution >= 4 is 11.0 Å². The average molecular weight is 431 g/mol. The number of fused-ring (bicyclic) bond motifs is 1. The van der Waals surface area contributed by atoms with Gasteiger partial charge in [-0.25, -0.2) is 0 Å². The van der Waals surface area contributed by atoms with Crippen LogP contribution in [-0.4, -0.2) is 20.3 Å². The fourth-order valence-corrected chi connectivity index (χ4v) is 3.44. The van der Waals surface area contributed by atoms with Crippen LogP contribution in [0.2, 0.25) is 0 Å². The number of rotatable bonds is 8. The van der Waals surface area contributed by atoms with Gasteiger partial charge in [-0.15, -0.1) is 0 Å². The number of hydrogen-bond donors (Lipinski definition) is 0. The van der Waals surface area contributed by atoms with Gasteiger partial charge in [0.2, 0.25) is 11.2 Å². The maximum atomic E-state index is 13.3. The molecule has 1 aromatic heterocycles. The van der Waals surface area contributed by atoms with E-state index in [9.17, 15) is 4.79 Å². The third-order valence-electron chi connectivity index (χ3n) is 5.36. The van der Waals surface area contributed by atoms with Crippen molar-refractivity contribution in [2.75, 3.05) is 20.3 Å². The third kappa shape index (κ3) is 4.62. The molecule has 0 saturated carbocycles. The molecule has 0 saturated heterocycles. The van der Waals surface area contributed by atoms with Gasteiger partial charge in [0.15, 0.2) is 5.76 Å². The van der Waals surface area contributed by atoms with Crippen LogP contribution in [0.15, 0.2) is 75.9 Å². The number of ether oxygens (including phenoxy) is 3. The average Bonchev–Trinajstić information content (AvgIpc) is 2.82. The van der Waals surface area contributed by atoms with Gasteiger partial charge >= 0.3 is 0 Å². The van der Waals surface area contributed by atoms with Gasteiger partial charge in [-0.2, -0.15) is 0 Å². The zero-order chi connectivity index (χ0) is 22.5. The molecule has 1 heterocycles. The van der Waals surface area contributed by atoms with E-state index < -0.39 is 0 Å². The Balaban J connectivity index is 1.54. The first-order valence-corrected chi connectivity index (χ1v) is 10.6. The summed E-state index contributed by atoms with van der Waals surface area (Å²) >= 11 is 0. The van der Waals surface area contributed by atoms with Crippen LogP contribution >= 0.6 is 0 Å². The van der Waals surface area contributed by atoms with Gasteiger partial charge in [-0.1, -0.05) is 30.3 Å². The quantitative estimate of drug-likeness (QED) is 0.324. The number of hydrogen-bond acceptors (Lipinski definition) is 5. The van der Waals surface area contributed by atoms with Crippen molar-refractivity contribution in [2.24, 2.45) is 0 Å². The third-order valence-corrected chi connectivity index (χ3v) is 5.36. The monoisotopic (exact) mass is 430 g/mol. The van der Waals surface area contributed by atoms with Crippen LogP contribution < -0.4 is 19.6 Å². The highest BCUT2D eigenvalue weighted by atomic mass is 16.5. The maximum absolute atomic E-state index is 13.3. The first-order chi connectivity index (χ1) is 15.6. The van der Waals surface area contributed by atoms with Crippen molar-refractivity contribution in [3.8, 4) is 28.6 Å². The highest BCUT2D eigenvalue weighted by molar-refractivity contribution is 5.83. The van der Waals surface area contributed by atoms with Crippen molar-refractivity contribution in [3.05, 3.63) is 88.1 Å². The Morgan fingerprint density at radius 3 is 2.19 bits per heavy atom. The van der Waals surface area contributed by atoms with E-state index in [1.54, 1.807) is 7.11 Å². The smallest absolute Gasteiger partial charge is 0.235 e. The van der Waals surface area contributed by atoms with Crippen molar-refractivity contribution in [2.45, 2.75) is 20.3 Å². The summed E-state index contributed by atoms with van der Waals surface area (Å²) in [5.41, 5.74) is 3.31. The van der Waals surface area contributed by atoms with Crippen molar-refractivity contribution < 1.29 is 18.6 Å². The molecule has 0 N–H and O–H groups in total. The Hall–Kier alpha value is -3.73. The molecule has 5 heteroatoms. The van der Waals surface area contributed by atoms with Gasteiger partial charge in [0.1, 0.15) is 17.1 Å². The lowest BCUT2D eigenvalue weighted by Crippen LogP contribution is -2.13.